The summed E-state index contributed by atoms with van der Waals surface area (Å²) in [5.74, 6) is 0.834. The third-order valence-electron chi connectivity index (χ3n) is 2.65. The molecule has 0 aliphatic carbocycles. The Bertz CT molecular complexity index is 686. The summed E-state index contributed by atoms with van der Waals surface area (Å²) in [6.45, 7) is 4.58. The Morgan fingerprint density at radius 3 is 2.94 bits per heavy atom. The van der Waals surface area contributed by atoms with Crippen LogP contribution in [0.1, 0.15) is 16.5 Å². The monoisotopic (exact) mass is 259 g/mol. The average molecular weight is 259 g/mol. The van der Waals surface area contributed by atoms with Crippen LogP contribution in [0.25, 0.3) is 10.2 Å². The predicted octanol–water partition coefficient (Wildman–Crippen LogP) is 3.51. The minimum Gasteiger partial charge on any atom is -0.379 e. The predicted molar refractivity (Wildman–Crippen MR) is 72.9 cm³/mol. The van der Waals surface area contributed by atoms with Crippen molar-refractivity contribution < 1.29 is 4.52 Å². The molecule has 0 unspecified atom stereocenters. The van der Waals surface area contributed by atoms with Crippen LogP contribution in [0.15, 0.2) is 28.8 Å². The first kappa shape index (κ1) is 11.2. The van der Waals surface area contributed by atoms with Crippen molar-refractivity contribution in [2.45, 2.75) is 20.4 Å². The lowest BCUT2D eigenvalue weighted by Crippen LogP contribution is -1.98. The number of hydrogen-bond donors (Lipinski definition) is 1. The number of aryl methyl sites for hydroxylation is 2. The normalized spacial score (nSPS) is 11.0. The Labute approximate surface area is 109 Å². The van der Waals surface area contributed by atoms with Gasteiger partial charge >= 0.3 is 0 Å². The van der Waals surface area contributed by atoms with Crippen molar-refractivity contribution in [3.8, 4) is 0 Å². The maximum absolute atomic E-state index is 5.03. The summed E-state index contributed by atoms with van der Waals surface area (Å²) >= 11 is 1.71. The van der Waals surface area contributed by atoms with Crippen molar-refractivity contribution in [3.05, 3.63) is 40.7 Å². The third-order valence-corrected chi connectivity index (χ3v) is 3.58. The topological polar surface area (TPSA) is 51.0 Å². The number of aromatic nitrogens is 2. The van der Waals surface area contributed by atoms with Gasteiger partial charge in [0.25, 0.3) is 0 Å². The minimum absolute atomic E-state index is 0.667. The average Bonchev–Trinajstić information content (AvgIpc) is 2.90. The summed E-state index contributed by atoms with van der Waals surface area (Å²) in [6, 6.07) is 8.12. The molecule has 3 rings (SSSR count). The van der Waals surface area contributed by atoms with Gasteiger partial charge in [0.15, 0.2) is 0 Å². The van der Waals surface area contributed by atoms with E-state index in [1.807, 2.05) is 32.0 Å². The largest absolute Gasteiger partial charge is 0.379 e. The van der Waals surface area contributed by atoms with E-state index < -0.39 is 0 Å². The molecule has 0 saturated carbocycles. The molecule has 18 heavy (non-hydrogen) atoms. The molecule has 2 heterocycles. The first-order valence-electron chi connectivity index (χ1n) is 5.74. The van der Waals surface area contributed by atoms with Gasteiger partial charge in [-0.25, -0.2) is 4.98 Å². The molecule has 1 aromatic carbocycles. The van der Waals surface area contributed by atoms with Crippen LogP contribution < -0.4 is 5.32 Å². The van der Waals surface area contributed by atoms with E-state index in [2.05, 4.69) is 21.5 Å². The number of rotatable bonds is 3. The minimum atomic E-state index is 0.667. The summed E-state index contributed by atoms with van der Waals surface area (Å²) < 4.78 is 6.23. The van der Waals surface area contributed by atoms with E-state index in [-0.39, 0.29) is 0 Å². The first-order valence-corrected chi connectivity index (χ1v) is 6.55. The van der Waals surface area contributed by atoms with Gasteiger partial charge in [-0.15, -0.1) is 11.3 Å². The lowest BCUT2D eigenvalue weighted by molar-refractivity contribution is 0.391. The highest BCUT2D eigenvalue weighted by Gasteiger charge is 2.03. The van der Waals surface area contributed by atoms with Gasteiger partial charge in [0.05, 0.1) is 21.8 Å². The van der Waals surface area contributed by atoms with Crippen LogP contribution in [-0.4, -0.2) is 10.1 Å². The van der Waals surface area contributed by atoms with Crippen molar-refractivity contribution >= 4 is 27.2 Å². The number of hydrogen-bond acceptors (Lipinski definition) is 5. The Morgan fingerprint density at radius 1 is 1.28 bits per heavy atom. The molecule has 0 spiro atoms. The van der Waals surface area contributed by atoms with Gasteiger partial charge in [-0.2, -0.15) is 0 Å². The molecule has 92 valence electrons. The highest BCUT2D eigenvalue weighted by Crippen LogP contribution is 2.24. The van der Waals surface area contributed by atoms with E-state index in [1.165, 1.54) is 4.70 Å². The summed E-state index contributed by atoms with van der Waals surface area (Å²) in [7, 11) is 0. The molecular weight excluding hydrogens is 246 g/mol. The summed E-state index contributed by atoms with van der Waals surface area (Å²) in [6.07, 6.45) is 0. The quantitative estimate of drug-likeness (QED) is 0.782. The number of nitrogens with one attached hydrogen (secondary N) is 1. The second-order valence-corrected chi connectivity index (χ2v) is 5.43. The van der Waals surface area contributed by atoms with E-state index in [0.717, 1.165) is 27.7 Å². The van der Waals surface area contributed by atoms with Crippen LogP contribution in [0.4, 0.5) is 5.69 Å². The Hall–Kier alpha value is -1.88. The summed E-state index contributed by atoms with van der Waals surface area (Å²) in [5.41, 5.74) is 3.04. The zero-order valence-corrected chi connectivity index (χ0v) is 11.0. The highest BCUT2D eigenvalue weighted by atomic mass is 32.1. The first-order chi connectivity index (χ1) is 8.70. The SMILES string of the molecule is Cc1cc(CNc2ccc3nc(C)sc3c2)no1. The van der Waals surface area contributed by atoms with Gasteiger partial charge in [-0.3, -0.25) is 0 Å². The fourth-order valence-corrected chi connectivity index (χ4v) is 2.71. The fraction of sp³-hybridized carbons (Fsp3) is 0.231. The maximum Gasteiger partial charge on any atom is 0.133 e. The van der Waals surface area contributed by atoms with Gasteiger partial charge in [-0.1, -0.05) is 5.16 Å². The van der Waals surface area contributed by atoms with Gasteiger partial charge in [0.2, 0.25) is 0 Å². The molecule has 0 radical (unpaired) electrons. The third kappa shape index (κ3) is 2.22. The molecule has 5 heteroatoms. The zero-order chi connectivity index (χ0) is 12.5. The van der Waals surface area contributed by atoms with Crippen molar-refractivity contribution in [2.24, 2.45) is 0 Å². The van der Waals surface area contributed by atoms with Gasteiger partial charge in [0, 0.05) is 11.8 Å². The molecule has 4 nitrogen and oxygen atoms in total. The number of thiazole rings is 1. The van der Waals surface area contributed by atoms with Crippen molar-refractivity contribution in [1.29, 1.82) is 0 Å². The molecule has 1 N–H and O–H groups in total. The molecule has 0 saturated heterocycles. The fourth-order valence-electron chi connectivity index (χ4n) is 1.84. The molecule has 0 amide bonds. The van der Waals surface area contributed by atoms with Crippen LogP contribution in [0.5, 0.6) is 0 Å². The van der Waals surface area contributed by atoms with E-state index in [1.54, 1.807) is 11.3 Å². The summed E-state index contributed by atoms with van der Waals surface area (Å²) in [5, 5.41) is 8.37. The van der Waals surface area contributed by atoms with E-state index in [9.17, 15) is 0 Å². The molecule has 0 atom stereocenters. The van der Waals surface area contributed by atoms with E-state index >= 15 is 0 Å². The van der Waals surface area contributed by atoms with Crippen molar-refractivity contribution in [2.75, 3.05) is 5.32 Å². The smallest absolute Gasteiger partial charge is 0.133 e. The van der Waals surface area contributed by atoms with Crippen LogP contribution >= 0.6 is 11.3 Å². The number of benzene rings is 1. The van der Waals surface area contributed by atoms with E-state index in [4.69, 9.17) is 4.52 Å². The van der Waals surface area contributed by atoms with Gasteiger partial charge < -0.3 is 9.84 Å². The van der Waals surface area contributed by atoms with Crippen LogP contribution in [0, 0.1) is 13.8 Å². The number of anilines is 1. The van der Waals surface area contributed by atoms with Crippen LogP contribution in [-0.2, 0) is 6.54 Å². The maximum atomic E-state index is 5.03. The lowest BCUT2D eigenvalue weighted by atomic mass is 10.3. The van der Waals surface area contributed by atoms with Gasteiger partial charge in [-0.05, 0) is 32.0 Å². The molecular formula is C13H13N3OS. The molecule has 0 bridgehead atoms. The highest BCUT2D eigenvalue weighted by molar-refractivity contribution is 7.18. The lowest BCUT2D eigenvalue weighted by Gasteiger charge is -2.03. The second kappa shape index (κ2) is 4.42. The summed E-state index contributed by atoms with van der Waals surface area (Å²) in [4.78, 5) is 4.44. The van der Waals surface area contributed by atoms with E-state index in [0.29, 0.717) is 6.54 Å². The molecule has 3 aromatic rings. The van der Waals surface area contributed by atoms with Crippen molar-refractivity contribution in [3.63, 3.8) is 0 Å². The molecule has 0 fully saturated rings. The Balaban J connectivity index is 1.78. The van der Waals surface area contributed by atoms with Crippen molar-refractivity contribution in [1.82, 2.24) is 10.1 Å². The number of nitrogens with zero attached hydrogens (tertiary/aromatic N) is 2. The Kier molecular flexibility index (Phi) is 2.76. The molecule has 2 aromatic heterocycles. The standard InChI is InChI=1S/C13H13N3OS/c1-8-5-11(16-17-8)7-14-10-3-4-12-13(6-10)18-9(2)15-12/h3-6,14H,7H2,1-2H3. The molecule has 0 aliphatic rings. The molecule has 0 aliphatic heterocycles. The zero-order valence-electron chi connectivity index (χ0n) is 10.2. The number of fused-ring (bicyclic) bond motifs is 1. The Morgan fingerprint density at radius 2 is 2.17 bits per heavy atom. The second-order valence-electron chi connectivity index (χ2n) is 4.20. The van der Waals surface area contributed by atoms with Crippen LogP contribution in [0.3, 0.4) is 0 Å². The van der Waals surface area contributed by atoms with Crippen LogP contribution in [0.2, 0.25) is 0 Å². The van der Waals surface area contributed by atoms with Gasteiger partial charge in [0.1, 0.15) is 11.5 Å².